The van der Waals surface area contributed by atoms with Crippen LogP contribution in [0.2, 0.25) is 0 Å². The fourth-order valence-corrected chi connectivity index (χ4v) is 2.02. The number of hydrogen-bond donors (Lipinski definition) is 2. The second kappa shape index (κ2) is 5.68. The van der Waals surface area contributed by atoms with E-state index in [-0.39, 0.29) is 11.7 Å². The molecule has 0 spiro atoms. The molecule has 0 aromatic carbocycles. The van der Waals surface area contributed by atoms with Crippen molar-refractivity contribution in [1.82, 2.24) is 15.2 Å². The van der Waals surface area contributed by atoms with Crippen molar-refractivity contribution in [3.8, 4) is 0 Å². The molecular formula is C13H17N5O2. The number of hydrogen-bond acceptors (Lipinski definition) is 5. The molecule has 0 aliphatic heterocycles. The van der Waals surface area contributed by atoms with Crippen molar-refractivity contribution in [2.75, 3.05) is 5.32 Å². The van der Waals surface area contributed by atoms with Gasteiger partial charge in [0, 0.05) is 23.7 Å². The summed E-state index contributed by atoms with van der Waals surface area (Å²) in [5.41, 5.74) is 2.62. The number of nitrogens with zero attached hydrogens (tertiary/aromatic N) is 3. The summed E-state index contributed by atoms with van der Waals surface area (Å²) in [5, 5.41) is 21.0. The molecule has 0 radical (unpaired) electrons. The lowest BCUT2D eigenvalue weighted by Gasteiger charge is -2.13. The molecule has 0 saturated heterocycles. The Bertz CT molecular complexity index is 623. The van der Waals surface area contributed by atoms with E-state index in [1.54, 1.807) is 13.0 Å². The third-order valence-electron chi connectivity index (χ3n) is 2.95. The Kier molecular flexibility index (Phi) is 3.97. The molecule has 0 fully saturated rings. The van der Waals surface area contributed by atoms with Crippen molar-refractivity contribution in [2.24, 2.45) is 0 Å². The summed E-state index contributed by atoms with van der Waals surface area (Å²) in [4.78, 5) is 14.4. The van der Waals surface area contributed by atoms with E-state index in [1.165, 1.54) is 6.20 Å². The molecule has 0 amide bonds. The highest BCUT2D eigenvalue weighted by molar-refractivity contribution is 5.47. The van der Waals surface area contributed by atoms with Gasteiger partial charge in [-0.05, 0) is 32.9 Å². The number of anilines is 1. The van der Waals surface area contributed by atoms with Gasteiger partial charge in [0.15, 0.2) is 0 Å². The van der Waals surface area contributed by atoms with Gasteiger partial charge in [-0.25, -0.2) is 4.98 Å². The Labute approximate surface area is 116 Å². The zero-order valence-electron chi connectivity index (χ0n) is 11.7. The van der Waals surface area contributed by atoms with Crippen LogP contribution < -0.4 is 5.32 Å². The van der Waals surface area contributed by atoms with E-state index in [0.29, 0.717) is 11.4 Å². The Morgan fingerprint density at radius 3 is 2.75 bits per heavy atom. The molecule has 0 aliphatic carbocycles. The average molecular weight is 275 g/mol. The maximum absolute atomic E-state index is 10.7. The first kappa shape index (κ1) is 14.0. The smallest absolute Gasteiger partial charge is 0.290 e. The lowest BCUT2D eigenvalue weighted by molar-refractivity contribution is -0.385. The zero-order valence-corrected chi connectivity index (χ0v) is 11.7. The van der Waals surface area contributed by atoms with Crippen LogP contribution >= 0.6 is 0 Å². The van der Waals surface area contributed by atoms with Gasteiger partial charge in [0.25, 0.3) is 5.69 Å². The van der Waals surface area contributed by atoms with E-state index in [4.69, 9.17) is 0 Å². The molecule has 2 heterocycles. The molecular weight excluding hydrogens is 258 g/mol. The van der Waals surface area contributed by atoms with Crippen molar-refractivity contribution in [3.05, 3.63) is 45.4 Å². The predicted octanol–water partition coefficient (Wildman–Crippen LogP) is 2.37. The zero-order chi connectivity index (χ0) is 14.7. The van der Waals surface area contributed by atoms with Gasteiger partial charge in [-0.15, -0.1) is 0 Å². The van der Waals surface area contributed by atoms with Gasteiger partial charge in [0.05, 0.1) is 10.6 Å². The van der Waals surface area contributed by atoms with Gasteiger partial charge in [-0.1, -0.05) is 0 Å². The Balaban J connectivity index is 2.02. The van der Waals surface area contributed by atoms with E-state index in [2.05, 4.69) is 20.5 Å². The average Bonchev–Trinajstić information content (AvgIpc) is 2.74. The summed E-state index contributed by atoms with van der Waals surface area (Å²) in [6.07, 6.45) is 2.03. The van der Waals surface area contributed by atoms with E-state index >= 15 is 0 Å². The maximum Gasteiger partial charge on any atom is 0.290 e. The quantitative estimate of drug-likeness (QED) is 0.645. The van der Waals surface area contributed by atoms with E-state index in [1.807, 2.05) is 19.9 Å². The molecule has 0 saturated carbocycles. The number of H-pyrrole nitrogens is 1. The summed E-state index contributed by atoms with van der Waals surface area (Å²) in [5.74, 6) is 0.632. The molecule has 1 unspecified atom stereocenters. The lowest BCUT2D eigenvalue weighted by atomic mass is 10.1. The third-order valence-corrected chi connectivity index (χ3v) is 2.95. The minimum atomic E-state index is -0.429. The van der Waals surface area contributed by atoms with Crippen molar-refractivity contribution in [2.45, 2.75) is 33.2 Å². The standard InChI is InChI=1S/C13H17N5O2/c1-8-4-13(14-7-12(8)18(19)20)15-9(2)5-11-6-10(3)16-17-11/h4,6-7,9H,5H2,1-3H3,(H,14,15)(H,16,17). The number of pyridine rings is 1. The predicted molar refractivity (Wildman–Crippen MR) is 75.7 cm³/mol. The second-order valence-corrected chi connectivity index (χ2v) is 4.90. The fraction of sp³-hybridized carbons (Fsp3) is 0.385. The van der Waals surface area contributed by atoms with Crippen LogP contribution in [-0.2, 0) is 6.42 Å². The van der Waals surface area contributed by atoms with Crippen molar-refractivity contribution < 1.29 is 4.92 Å². The normalized spacial score (nSPS) is 12.2. The monoisotopic (exact) mass is 275 g/mol. The summed E-state index contributed by atoms with van der Waals surface area (Å²) in [7, 11) is 0. The SMILES string of the molecule is Cc1cc(CC(C)Nc2cc(C)c([N+](=O)[O-])cn2)n[nH]1. The molecule has 7 nitrogen and oxygen atoms in total. The van der Waals surface area contributed by atoms with Crippen LogP contribution in [0.4, 0.5) is 11.5 Å². The number of nitrogens with one attached hydrogen (secondary N) is 2. The molecule has 1 atom stereocenters. The first-order chi connectivity index (χ1) is 9.45. The van der Waals surface area contributed by atoms with Crippen LogP contribution in [0.3, 0.4) is 0 Å². The third kappa shape index (κ3) is 3.31. The van der Waals surface area contributed by atoms with Crippen LogP contribution in [0.15, 0.2) is 18.3 Å². The van der Waals surface area contributed by atoms with Crippen LogP contribution in [0.25, 0.3) is 0 Å². The van der Waals surface area contributed by atoms with Crippen molar-refractivity contribution >= 4 is 11.5 Å². The second-order valence-electron chi connectivity index (χ2n) is 4.90. The molecule has 7 heteroatoms. The topological polar surface area (TPSA) is 96.7 Å². The number of nitro groups is 1. The van der Waals surface area contributed by atoms with Gasteiger partial charge in [0.1, 0.15) is 12.0 Å². The van der Waals surface area contributed by atoms with E-state index in [0.717, 1.165) is 17.8 Å². The number of aromatic amines is 1. The summed E-state index contributed by atoms with van der Waals surface area (Å²) < 4.78 is 0. The highest BCUT2D eigenvalue weighted by Crippen LogP contribution is 2.19. The van der Waals surface area contributed by atoms with E-state index in [9.17, 15) is 10.1 Å². The number of aryl methyl sites for hydroxylation is 2. The van der Waals surface area contributed by atoms with Gasteiger partial charge in [-0.2, -0.15) is 5.10 Å². The van der Waals surface area contributed by atoms with Gasteiger partial charge >= 0.3 is 0 Å². The summed E-state index contributed by atoms with van der Waals surface area (Å²) in [6, 6.07) is 3.81. The lowest BCUT2D eigenvalue weighted by Crippen LogP contribution is -2.19. The van der Waals surface area contributed by atoms with Crippen LogP contribution in [0.1, 0.15) is 23.9 Å². The van der Waals surface area contributed by atoms with Gasteiger partial charge < -0.3 is 5.32 Å². The van der Waals surface area contributed by atoms with Crippen molar-refractivity contribution in [1.29, 1.82) is 0 Å². The van der Waals surface area contributed by atoms with Crippen LogP contribution in [0, 0.1) is 24.0 Å². The van der Waals surface area contributed by atoms with E-state index < -0.39 is 4.92 Å². The molecule has 0 bridgehead atoms. The highest BCUT2D eigenvalue weighted by Gasteiger charge is 2.13. The Hall–Kier alpha value is -2.44. The molecule has 20 heavy (non-hydrogen) atoms. The minimum absolute atomic E-state index is 0.0335. The first-order valence-electron chi connectivity index (χ1n) is 6.34. The highest BCUT2D eigenvalue weighted by atomic mass is 16.6. The van der Waals surface area contributed by atoms with Gasteiger partial charge in [-0.3, -0.25) is 15.2 Å². The van der Waals surface area contributed by atoms with Crippen LogP contribution in [-0.4, -0.2) is 26.1 Å². The Morgan fingerprint density at radius 1 is 1.45 bits per heavy atom. The number of aromatic nitrogens is 3. The molecule has 0 aliphatic rings. The Morgan fingerprint density at radius 2 is 2.20 bits per heavy atom. The molecule has 2 rings (SSSR count). The molecule has 2 aromatic heterocycles. The molecule has 2 N–H and O–H groups in total. The summed E-state index contributed by atoms with van der Waals surface area (Å²) >= 11 is 0. The van der Waals surface area contributed by atoms with Gasteiger partial charge in [0.2, 0.25) is 0 Å². The maximum atomic E-state index is 10.7. The summed E-state index contributed by atoms with van der Waals surface area (Å²) in [6.45, 7) is 5.67. The molecule has 106 valence electrons. The largest absolute Gasteiger partial charge is 0.367 e. The molecule has 2 aromatic rings. The number of rotatable bonds is 5. The minimum Gasteiger partial charge on any atom is -0.367 e. The first-order valence-corrected chi connectivity index (χ1v) is 6.34. The van der Waals surface area contributed by atoms with Crippen molar-refractivity contribution in [3.63, 3.8) is 0 Å². The fourth-order valence-electron chi connectivity index (χ4n) is 2.02. The van der Waals surface area contributed by atoms with Crippen LogP contribution in [0.5, 0.6) is 0 Å².